The van der Waals surface area contributed by atoms with Crippen molar-refractivity contribution < 1.29 is 0 Å². The van der Waals surface area contributed by atoms with Crippen LogP contribution in [-0.2, 0) is 19.3 Å². The zero-order valence-corrected chi connectivity index (χ0v) is 17.6. The average molecular weight is 395 g/mol. The molecule has 0 fully saturated rings. The lowest BCUT2D eigenvalue weighted by atomic mass is 9.95. The van der Waals surface area contributed by atoms with Crippen molar-refractivity contribution in [1.29, 1.82) is 5.26 Å². The Kier molecular flexibility index (Phi) is 5.90. The van der Waals surface area contributed by atoms with E-state index in [4.69, 9.17) is 4.98 Å². The molecule has 0 saturated carbocycles. The van der Waals surface area contributed by atoms with E-state index in [1.807, 2.05) is 41.0 Å². The molecule has 2 aromatic carbocycles. The van der Waals surface area contributed by atoms with Crippen LogP contribution in [0.2, 0.25) is 0 Å². The summed E-state index contributed by atoms with van der Waals surface area (Å²) in [6.45, 7) is 4.41. The molecule has 4 heteroatoms. The van der Waals surface area contributed by atoms with Crippen LogP contribution in [-0.4, -0.2) is 14.6 Å². The lowest BCUT2D eigenvalue weighted by molar-refractivity contribution is 0.752. The second kappa shape index (κ2) is 8.92. The summed E-state index contributed by atoms with van der Waals surface area (Å²) < 4.78 is 2.01. The Bertz CT molecular complexity index is 1200. The minimum absolute atomic E-state index is 0.703. The molecule has 0 amide bonds. The Morgan fingerprint density at radius 3 is 2.43 bits per heavy atom. The molecule has 4 aromatic rings. The van der Waals surface area contributed by atoms with E-state index in [1.165, 1.54) is 22.5 Å². The number of benzene rings is 2. The average Bonchev–Trinajstić information content (AvgIpc) is 3.25. The summed E-state index contributed by atoms with van der Waals surface area (Å²) in [5.74, 6) is 0. The molecular formula is C26H26N4. The van der Waals surface area contributed by atoms with Crippen LogP contribution < -0.4 is 0 Å². The number of hydrogen-bond donors (Lipinski definition) is 0. The largest absolute Gasteiger partial charge is 0.233 e. The number of nitriles is 1. The predicted molar refractivity (Wildman–Crippen MR) is 120 cm³/mol. The van der Waals surface area contributed by atoms with Crippen LogP contribution in [0.1, 0.15) is 54.8 Å². The second-order valence-corrected chi connectivity index (χ2v) is 7.62. The van der Waals surface area contributed by atoms with Gasteiger partial charge < -0.3 is 0 Å². The monoisotopic (exact) mass is 394 g/mol. The number of aryl methyl sites for hydroxylation is 2. The van der Waals surface area contributed by atoms with Gasteiger partial charge >= 0.3 is 0 Å². The zero-order chi connectivity index (χ0) is 20.9. The standard InChI is InChI=1S/C26H26N4/c1-3-7-24-23(25(8-4-2)30-26(29-24)15-16-28-30)17-19-11-13-20(14-12-19)22-10-6-5-9-21(22)18-27/h5-6,9-16H,3-4,7-8,17H2,1-2H3. The van der Waals surface area contributed by atoms with Crippen LogP contribution in [0.5, 0.6) is 0 Å². The highest BCUT2D eigenvalue weighted by Gasteiger charge is 2.16. The molecule has 4 rings (SSSR count). The van der Waals surface area contributed by atoms with E-state index in [2.05, 4.69) is 49.3 Å². The SMILES string of the molecule is CCCc1nc2ccnn2c(CCC)c1Cc1ccc(-c2ccccc2C#N)cc1. The highest BCUT2D eigenvalue weighted by molar-refractivity contribution is 5.70. The molecule has 0 N–H and O–H groups in total. The molecular weight excluding hydrogens is 368 g/mol. The number of aromatic nitrogens is 3. The maximum Gasteiger partial charge on any atom is 0.155 e. The van der Waals surface area contributed by atoms with Gasteiger partial charge in [-0.1, -0.05) is 69.2 Å². The Balaban J connectivity index is 1.72. The van der Waals surface area contributed by atoms with Crippen molar-refractivity contribution in [1.82, 2.24) is 14.6 Å². The summed E-state index contributed by atoms with van der Waals surface area (Å²) in [7, 11) is 0. The topological polar surface area (TPSA) is 54.0 Å². The van der Waals surface area contributed by atoms with E-state index in [0.717, 1.165) is 48.9 Å². The first-order valence-corrected chi connectivity index (χ1v) is 10.7. The van der Waals surface area contributed by atoms with E-state index in [1.54, 1.807) is 0 Å². The Hall–Kier alpha value is -3.45. The van der Waals surface area contributed by atoms with Gasteiger partial charge in [0.25, 0.3) is 0 Å². The van der Waals surface area contributed by atoms with E-state index >= 15 is 0 Å². The van der Waals surface area contributed by atoms with Crippen molar-refractivity contribution in [3.8, 4) is 17.2 Å². The van der Waals surface area contributed by atoms with E-state index in [-0.39, 0.29) is 0 Å². The quantitative estimate of drug-likeness (QED) is 0.400. The summed E-state index contributed by atoms with van der Waals surface area (Å²) in [4.78, 5) is 4.92. The first kappa shape index (κ1) is 19.8. The smallest absolute Gasteiger partial charge is 0.155 e. The van der Waals surface area contributed by atoms with Gasteiger partial charge in [-0.05, 0) is 41.2 Å². The fourth-order valence-corrected chi connectivity index (χ4v) is 4.07. The molecule has 0 saturated heterocycles. The molecule has 2 heterocycles. The maximum absolute atomic E-state index is 9.39. The summed E-state index contributed by atoms with van der Waals surface area (Å²) in [6, 6.07) is 20.6. The van der Waals surface area contributed by atoms with Gasteiger partial charge in [0.2, 0.25) is 0 Å². The lowest BCUT2D eigenvalue weighted by Crippen LogP contribution is -2.11. The first-order chi connectivity index (χ1) is 14.7. The Labute approximate surface area is 177 Å². The van der Waals surface area contributed by atoms with Gasteiger partial charge in [-0.3, -0.25) is 0 Å². The molecule has 30 heavy (non-hydrogen) atoms. The Morgan fingerprint density at radius 2 is 1.70 bits per heavy atom. The third-order valence-electron chi connectivity index (χ3n) is 5.49. The van der Waals surface area contributed by atoms with Crippen molar-refractivity contribution in [2.45, 2.75) is 46.0 Å². The van der Waals surface area contributed by atoms with Gasteiger partial charge in [0.1, 0.15) is 0 Å². The molecule has 4 nitrogen and oxygen atoms in total. The van der Waals surface area contributed by atoms with Gasteiger partial charge in [0.05, 0.1) is 17.8 Å². The number of rotatable bonds is 7. The molecule has 0 aliphatic carbocycles. The van der Waals surface area contributed by atoms with Crippen molar-refractivity contribution in [3.63, 3.8) is 0 Å². The van der Waals surface area contributed by atoms with Crippen LogP contribution in [0.4, 0.5) is 0 Å². The number of nitrogens with zero attached hydrogens (tertiary/aromatic N) is 4. The fourth-order valence-electron chi connectivity index (χ4n) is 4.07. The van der Waals surface area contributed by atoms with Crippen LogP contribution in [0, 0.1) is 11.3 Å². The normalized spacial score (nSPS) is 11.0. The van der Waals surface area contributed by atoms with Crippen molar-refractivity contribution >= 4 is 5.65 Å². The molecule has 2 aromatic heterocycles. The molecule has 150 valence electrons. The van der Waals surface area contributed by atoms with Crippen molar-refractivity contribution in [3.05, 3.63) is 88.9 Å². The molecule has 0 bridgehead atoms. The summed E-state index contributed by atoms with van der Waals surface area (Å²) in [5, 5.41) is 13.9. The maximum atomic E-state index is 9.39. The van der Waals surface area contributed by atoms with Crippen LogP contribution in [0.25, 0.3) is 16.8 Å². The third kappa shape index (κ3) is 3.84. The summed E-state index contributed by atoms with van der Waals surface area (Å²) >= 11 is 0. The second-order valence-electron chi connectivity index (χ2n) is 7.62. The molecule has 0 atom stereocenters. The minimum atomic E-state index is 0.703. The minimum Gasteiger partial charge on any atom is -0.233 e. The van der Waals surface area contributed by atoms with Gasteiger partial charge in [-0.25, -0.2) is 9.50 Å². The van der Waals surface area contributed by atoms with Gasteiger partial charge in [-0.15, -0.1) is 0 Å². The van der Waals surface area contributed by atoms with Gasteiger partial charge in [-0.2, -0.15) is 10.4 Å². The summed E-state index contributed by atoms with van der Waals surface area (Å²) in [6.07, 6.45) is 6.78. The number of hydrogen-bond acceptors (Lipinski definition) is 3. The molecule has 0 aliphatic rings. The summed E-state index contributed by atoms with van der Waals surface area (Å²) in [5.41, 5.74) is 8.70. The van der Waals surface area contributed by atoms with Gasteiger partial charge in [0, 0.05) is 23.9 Å². The van der Waals surface area contributed by atoms with Crippen LogP contribution >= 0.6 is 0 Å². The van der Waals surface area contributed by atoms with E-state index < -0.39 is 0 Å². The highest BCUT2D eigenvalue weighted by Crippen LogP contribution is 2.26. The van der Waals surface area contributed by atoms with Crippen LogP contribution in [0.15, 0.2) is 60.8 Å². The molecule has 0 spiro atoms. The first-order valence-electron chi connectivity index (χ1n) is 10.7. The molecule has 0 radical (unpaired) electrons. The van der Waals surface area contributed by atoms with Gasteiger partial charge in [0.15, 0.2) is 5.65 Å². The predicted octanol–water partition coefficient (Wildman–Crippen LogP) is 5.76. The van der Waals surface area contributed by atoms with Crippen molar-refractivity contribution in [2.24, 2.45) is 0 Å². The van der Waals surface area contributed by atoms with Crippen molar-refractivity contribution in [2.75, 3.05) is 0 Å². The fraction of sp³-hybridized carbons (Fsp3) is 0.269. The van der Waals surface area contributed by atoms with E-state index in [0.29, 0.717) is 5.56 Å². The third-order valence-corrected chi connectivity index (χ3v) is 5.49. The lowest BCUT2D eigenvalue weighted by Gasteiger charge is -2.16. The molecule has 0 aliphatic heterocycles. The highest BCUT2D eigenvalue weighted by atomic mass is 15.2. The number of fused-ring (bicyclic) bond motifs is 1. The van der Waals surface area contributed by atoms with Crippen LogP contribution in [0.3, 0.4) is 0 Å². The zero-order valence-electron chi connectivity index (χ0n) is 17.6. The van der Waals surface area contributed by atoms with E-state index in [9.17, 15) is 5.26 Å². The Morgan fingerprint density at radius 1 is 0.933 bits per heavy atom. The molecule has 0 unspecified atom stereocenters.